The van der Waals surface area contributed by atoms with Crippen molar-refractivity contribution in [2.75, 3.05) is 0 Å². The quantitative estimate of drug-likeness (QED) is 0.797. The fourth-order valence-electron chi connectivity index (χ4n) is 3.16. The lowest BCUT2D eigenvalue weighted by Crippen LogP contribution is -2.24. The van der Waals surface area contributed by atoms with E-state index in [2.05, 4.69) is 6.92 Å². The van der Waals surface area contributed by atoms with Gasteiger partial charge in [0.1, 0.15) is 5.82 Å². The number of hydrogen-bond donors (Lipinski definition) is 0. The standard InChI is InChI=1S/C15H16FNO/c1-3-9-10(4-2)15(18)17-8-7-12-13(16)6-5-11(9)14(12)17/h5-6H,3-4,7-8H2,1-2H3. The summed E-state index contributed by atoms with van der Waals surface area (Å²) in [5, 5.41) is 1.06. The highest BCUT2D eigenvalue weighted by molar-refractivity contribution is 5.87. The van der Waals surface area contributed by atoms with Crippen LogP contribution in [-0.2, 0) is 25.8 Å². The molecule has 1 aliphatic rings. The van der Waals surface area contributed by atoms with Gasteiger partial charge in [0.2, 0.25) is 0 Å². The molecule has 0 radical (unpaired) electrons. The molecule has 0 atom stereocenters. The van der Waals surface area contributed by atoms with Gasteiger partial charge in [0.15, 0.2) is 0 Å². The Morgan fingerprint density at radius 3 is 2.61 bits per heavy atom. The Kier molecular flexibility index (Phi) is 2.51. The molecule has 2 nitrogen and oxygen atoms in total. The molecular weight excluding hydrogens is 229 g/mol. The molecule has 0 bridgehead atoms. The zero-order valence-electron chi connectivity index (χ0n) is 10.7. The fraction of sp³-hybridized carbons (Fsp3) is 0.400. The highest BCUT2D eigenvalue weighted by Crippen LogP contribution is 2.30. The zero-order chi connectivity index (χ0) is 12.9. The van der Waals surface area contributed by atoms with E-state index in [-0.39, 0.29) is 11.4 Å². The van der Waals surface area contributed by atoms with E-state index in [0.717, 1.165) is 34.9 Å². The van der Waals surface area contributed by atoms with Crippen molar-refractivity contribution in [3.8, 4) is 0 Å². The van der Waals surface area contributed by atoms with Gasteiger partial charge in [-0.25, -0.2) is 4.39 Å². The van der Waals surface area contributed by atoms with Crippen molar-refractivity contribution >= 4 is 10.9 Å². The summed E-state index contributed by atoms with van der Waals surface area (Å²) in [5.74, 6) is -0.181. The molecule has 1 aromatic heterocycles. The van der Waals surface area contributed by atoms with E-state index in [1.54, 1.807) is 4.57 Å². The number of nitrogens with zero attached hydrogens (tertiary/aromatic N) is 1. The summed E-state index contributed by atoms with van der Waals surface area (Å²) < 4.78 is 15.5. The van der Waals surface area contributed by atoms with Crippen molar-refractivity contribution in [2.24, 2.45) is 0 Å². The Labute approximate surface area is 105 Å². The predicted molar refractivity (Wildman–Crippen MR) is 70.6 cm³/mol. The van der Waals surface area contributed by atoms with E-state index in [1.165, 1.54) is 6.07 Å². The summed E-state index contributed by atoms with van der Waals surface area (Å²) in [6.07, 6.45) is 2.19. The topological polar surface area (TPSA) is 22.0 Å². The number of hydrogen-bond acceptors (Lipinski definition) is 1. The Bertz CT molecular complexity index is 700. The second-order valence-corrected chi connectivity index (χ2v) is 4.79. The minimum atomic E-state index is -0.181. The lowest BCUT2D eigenvalue weighted by Gasteiger charge is -2.13. The monoisotopic (exact) mass is 245 g/mol. The first kappa shape index (κ1) is 11.5. The molecule has 18 heavy (non-hydrogen) atoms. The number of halogens is 1. The van der Waals surface area contributed by atoms with Crippen molar-refractivity contribution in [1.82, 2.24) is 4.57 Å². The maximum atomic E-state index is 13.8. The van der Waals surface area contributed by atoms with Crippen molar-refractivity contribution in [1.29, 1.82) is 0 Å². The number of benzene rings is 1. The molecule has 0 fully saturated rings. The van der Waals surface area contributed by atoms with Crippen molar-refractivity contribution in [2.45, 2.75) is 39.7 Å². The van der Waals surface area contributed by atoms with Crippen molar-refractivity contribution < 1.29 is 4.39 Å². The average Bonchev–Trinajstić information content (AvgIpc) is 2.82. The van der Waals surface area contributed by atoms with Gasteiger partial charge in [0.05, 0.1) is 5.52 Å². The first-order valence-electron chi connectivity index (χ1n) is 6.54. The molecule has 3 rings (SSSR count). The fourth-order valence-corrected chi connectivity index (χ4v) is 3.16. The van der Waals surface area contributed by atoms with Gasteiger partial charge in [-0.15, -0.1) is 0 Å². The maximum absolute atomic E-state index is 13.8. The number of pyridine rings is 1. The van der Waals surface area contributed by atoms with E-state index >= 15 is 0 Å². The summed E-state index contributed by atoms with van der Waals surface area (Å²) in [6, 6.07) is 3.36. The average molecular weight is 245 g/mol. The van der Waals surface area contributed by atoms with Crippen LogP contribution in [0, 0.1) is 5.82 Å². The van der Waals surface area contributed by atoms with Gasteiger partial charge in [-0.1, -0.05) is 13.8 Å². The zero-order valence-corrected chi connectivity index (χ0v) is 10.7. The molecular formula is C15H16FNO. The highest BCUT2D eigenvalue weighted by atomic mass is 19.1. The van der Waals surface area contributed by atoms with Crippen LogP contribution in [0.4, 0.5) is 4.39 Å². The molecule has 0 amide bonds. The van der Waals surface area contributed by atoms with E-state index in [4.69, 9.17) is 0 Å². The molecule has 0 N–H and O–H groups in total. The molecule has 0 saturated carbocycles. The van der Waals surface area contributed by atoms with Crippen LogP contribution in [0.5, 0.6) is 0 Å². The van der Waals surface area contributed by atoms with Gasteiger partial charge < -0.3 is 4.57 Å². The molecule has 0 unspecified atom stereocenters. The smallest absolute Gasteiger partial charge is 0.254 e. The van der Waals surface area contributed by atoms with Crippen LogP contribution in [0.2, 0.25) is 0 Å². The highest BCUT2D eigenvalue weighted by Gasteiger charge is 2.23. The predicted octanol–water partition coefficient (Wildman–Crippen LogP) is 2.82. The third-order valence-electron chi connectivity index (χ3n) is 3.98. The summed E-state index contributed by atoms with van der Waals surface area (Å²) in [5.41, 5.74) is 3.60. The Morgan fingerprint density at radius 2 is 1.94 bits per heavy atom. The van der Waals surface area contributed by atoms with Gasteiger partial charge in [0.25, 0.3) is 5.56 Å². The van der Waals surface area contributed by atoms with Crippen molar-refractivity contribution in [3.63, 3.8) is 0 Å². The van der Waals surface area contributed by atoms with Crippen LogP contribution >= 0.6 is 0 Å². The minimum Gasteiger partial charge on any atom is -0.307 e. The second kappa shape index (κ2) is 3.94. The first-order valence-corrected chi connectivity index (χ1v) is 6.54. The lowest BCUT2D eigenvalue weighted by molar-refractivity contribution is 0.611. The number of aryl methyl sites for hydroxylation is 3. The molecule has 94 valence electrons. The van der Waals surface area contributed by atoms with Crippen LogP contribution < -0.4 is 5.56 Å². The van der Waals surface area contributed by atoms with Gasteiger partial charge in [-0.2, -0.15) is 0 Å². The van der Waals surface area contributed by atoms with E-state index in [9.17, 15) is 9.18 Å². The molecule has 3 heteroatoms. The number of rotatable bonds is 2. The summed E-state index contributed by atoms with van der Waals surface area (Å²) in [4.78, 5) is 12.4. The van der Waals surface area contributed by atoms with Crippen LogP contribution in [0.1, 0.15) is 30.5 Å². The minimum absolute atomic E-state index is 0.0752. The molecule has 0 aliphatic carbocycles. The second-order valence-electron chi connectivity index (χ2n) is 4.79. The van der Waals surface area contributed by atoms with Crippen molar-refractivity contribution in [3.05, 3.63) is 45.0 Å². The Hall–Kier alpha value is -1.64. The summed E-state index contributed by atoms with van der Waals surface area (Å²) >= 11 is 0. The third-order valence-corrected chi connectivity index (χ3v) is 3.98. The van der Waals surface area contributed by atoms with Crippen LogP contribution in [0.15, 0.2) is 16.9 Å². The lowest BCUT2D eigenvalue weighted by atomic mass is 9.98. The molecule has 2 heterocycles. The SMILES string of the molecule is CCc1c(CC)c2ccc(F)c3c2n(c1=O)CC3. The van der Waals surface area contributed by atoms with Gasteiger partial charge in [0, 0.05) is 23.1 Å². The van der Waals surface area contributed by atoms with E-state index in [0.29, 0.717) is 18.5 Å². The van der Waals surface area contributed by atoms with E-state index in [1.807, 2.05) is 13.0 Å². The van der Waals surface area contributed by atoms with Crippen LogP contribution in [0.25, 0.3) is 10.9 Å². The van der Waals surface area contributed by atoms with Gasteiger partial charge in [-0.3, -0.25) is 4.79 Å². The normalized spacial score (nSPS) is 13.5. The van der Waals surface area contributed by atoms with Crippen LogP contribution in [-0.4, -0.2) is 4.57 Å². The molecule has 2 aromatic rings. The molecule has 0 saturated heterocycles. The first-order chi connectivity index (χ1) is 8.69. The molecule has 1 aromatic carbocycles. The Balaban J connectivity index is 2.56. The van der Waals surface area contributed by atoms with Crippen LogP contribution in [0.3, 0.4) is 0 Å². The van der Waals surface area contributed by atoms with E-state index < -0.39 is 0 Å². The van der Waals surface area contributed by atoms with Gasteiger partial charge in [-0.05, 0) is 37.0 Å². The molecule has 1 aliphatic heterocycles. The number of aromatic nitrogens is 1. The summed E-state index contributed by atoms with van der Waals surface area (Å²) in [6.45, 7) is 4.68. The largest absolute Gasteiger partial charge is 0.307 e. The Morgan fingerprint density at radius 1 is 1.22 bits per heavy atom. The summed E-state index contributed by atoms with van der Waals surface area (Å²) in [7, 11) is 0. The maximum Gasteiger partial charge on any atom is 0.254 e. The van der Waals surface area contributed by atoms with Gasteiger partial charge >= 0.3 is 0 Å². The molecule has 0 spiro atoms. The third kappa shape index (κ3) is 1.30.